The van der Waals surface area contributed by atoms with Gasteiger partial charge in [0.2, 0.25) is 0 Å². The predicted octanol–water partition coefficient (Wildman–Crippen LogP) is 3.65. The Labute approximate surface area is 92.7 Å². The third-order valence-corrected chi connectivity index (χ3v) is 3.98. The molecule has 0 fully saturated rings. The van der Waals surface area contributed by atoms with Crippen LogP contribution in [-0.2, 0) is 0 Å². The lowest BCUT2D eigenvalue weighted by atomic mass is 10.2. The Bertz CT molecular complexity index is 452. The van der Waals surface area contributed by atoms with Crippen LogP contribution in [0.1, 0.15) is 0 Å². The molecule has 4 heteroatoms. The number of hydrogen-bond donors (Lipinski definition) is 0. The second-order valence-corrected chi connectivity index (χ2v) is 4.62. The number of fused-ring (bicyclic) bond motifs is 1. The molecular formula is C9H6FIOS. The quantitative estimate of drug-likeness (QED) is 0.731. The highest BCUT2D eigenvalue weighted by molar-refractivity contribution is 14.1. The molecule has 0 saturated heterocycles. The summed E-state index contributed by atoms with van der Waals surface area (Å²) in [5.74, 6) is 0.0504. The van der Waals surface area contributed by atoms with Crippen LogP contribution in [0.3, 0.4) is 0 Å². The highest BCUT2D eigenvalue weighted by atomic mass is 127. The standard InChI is InChI=1S/C9H6FIOS/c1-12-7-4-6(11)9-5(8(7)10)2-3-13-9/h2-4H,1H3. The number of rotatable bonds is 1. The van der Waals surface area contributed by atoms with Gasteiger partial charge in [0.1, 0.15) is 0 Å². The van der Waals surface area contributed by atoms with Gasteiger partial charge in [0.05, 0.1) is 11.8 Å². The fourth-order valence-corrected chi connectivity index (χ4v) is 2.94. The van der Waals surface area contributed by atoms with Crippen molar-refractivity contribution < 1.29 is 9.13 Å². The van der Waals surface area contributed by atoms with Crippen molar-refractivity contribution in [3.63, 3.8) is 0 Å². The molecule has 0 saturated carbocycles. The molecule has 1 aromatic heterocycles. The van der Waals surface area contributed by atoms with Gasteiger partial charge in [0, 0.05) is 8.96 Å². The predicted molar refractivity (Wildman–Crippen MR) is 61.1 cm³/mol. The SMILES string of the molecule is COc1cc(I)c2sccc2c1F. The number of thiophene rings is 1. The average molecular weight is 308 g/mol. The first-order valence-electron chi connectivity index (χ1n) is 3.63. The van der Waals surface area contributed by atoms with E-state index in [1.165, 1.54) is 7.11 Å². The molecule has 1 nitrogen and oxygen atoms in total. The lowest BCUT2D eigenvalue weighted by molar-refractivity contribution is 0.389. The zero-order valence-electron chi connectivity index (χ0n) is 6.80. The second-order valence-electron chi connectivity index (χ2n) is 2.54. The average Bonchev–Trinajstić information content (AvgIpc) is 2.60. The molecule has 0 aliphatic rings. The summed E-state index contributed by atoms with van der Waals surface area (Å²) in [5.41, 5.74) is 0. The first kappa shape index (κ1) is 9.21. The summed E-state index contributed by atoms with van der Waals surface area (Å²) in [6.45, 7) is 0. The van der Waals surface area contributed by atoms with Gasteiger partial charge in [-0.3, -0.25) is 0 Å². The van der Waals surface area contributed by atoms with Crippen molar-refractivity contribution in [1.82, 2.24) is 0 Å². The minimum atomic E-state index is -0.265. The van der Waals surface area contributed by atoms with Gasteiger partial charge in [0.15, 0.2) is 11.6 Å². The Kier molecular flexibility index (Phi) is 2.42. The van der Waals surface area contributed by atoms with Crippen LogP contribution in [0.2, 0.25) is 0 Å². The van der Waals surface area contributed by atoms with E-state index in [9.17, 15) is 4.39 Å². The summed E-state index contributed by atoms with van der Waals surface area (Å²) < 4.78 is 20.5. The molecule has 68 valence electrons. The third-order valence-electron chi connectivity index (χ3n) is 1.81. The number of hydrogen-bond acceptors (Lipinski definition) is 2. The molecule has 2 rings (SSSR count). The van der Waals surface area contributed by atoms with Crippen molar-refractivity contribution in [2.24, 2.45) is 0 Å². The summed E-state index contributed by atoms with van der Waals surface area (Å²) in [5, 5.41) is 2.53. The van der Waals surface area contributed by atoms with Gasteiger partial charge in [-0.2, -0.15) is 0 Å². The summed E-state index contributed by atoms with van der Waals surface area (Å²) in [6.07, 6.45) is 0. The minimum absolute atomic E-state index is 0.265. The van der Waals surface area contributed by atoms with E-state index in [1.807, 2.05) is 5.38 Å². The lowest BCUT2D eigenvalue weighted by Crippen LogP contribution is -1.89. The van der Waals surface area contributed by atoms with Gasteiger partial charge in [-0.05, 0) is 40.1 Å². The van der Waals surface area contributed by atoms with Crippen LogP contribution in [0.25, 0.3) is 10.1 Å². The monoisotopic (exact) mass is 308 g/mol. The summed E-state index contributed by atoms with van der Waals surface area (Å²) >= 11 is 3.73. The van der Waals surface area contributed by atoms with E-state index in [1.54, 1.807) is 23.5 Å². The van der Waals surface area contributed by atoms with Gasteiger partial charge in [-0.15, -0.1) is 11.3 Å². The molecule has 13 heavy (non-hydrogen) atoms. The third kappa shape index (κ3) is 1.42. The normalized spacial score (nSPS) is 10.7. The molecule has 0 spiro atoms. The molecule has 0 bridgehead atoms. The van der Waals surface area contributed by atoms with Crippen molar-refractivity contribution in [2.75, 3.05) is 7.11 Å². The van der Waals surface area contributed by atoms with E-state index < -0.39 is 0 Å². The van der Waals surface area contributed by atoms with Gasteiger partial charge in [0.25, 0.3) is 0 Å². The van der Waals surface area contributed by atoms with Gasteiger partial charge in [-0.1, -0.05) is 0 Å². The van der Waals surface area contributed by atoms with Crippen LogP contribution in [-0.4, -0.2) is 7.11 Å². The molecule has 0 N–H and O–H groups in total. The fraction of sp³-hybridized carbons (Fsp3) is 0.111. The Balaban J connectivity index is 2.85. The molecule has 0 unspecified atom stereocenters. The maximum absolute atomic E-state index is 13.6. The maximum atomic E-state index is 13.6. The zero-order valence-corrected chi connectivity index (χ0v) is 9.78. The Morgan fingerprint density at radius 2 is 2.31 bits per heavy atom. The van der Waals surface area contributed by atoms with Crippen molar-refractivity contribution in [3.05, 3.63) is 26.9 Å². The highest BCUT2D eigenvalue weighted by Crippen LogP contribution is 2.33. The van der Waals surface area contributed by atoms with E-state index in [-0.39, 0.29) is 5.82 Å². The number of ether oxygens (including phenoxy) is 1. The van der Waals surface area contributed by atoms with E-state index in [2.05, 4.69) is 22.6 Å². The Morgan fingerprint density at radius 1 is 1.54 bits per heavy atom. The molecule has 1 heterocycles. The minimum Gasteiger partial charge on any atom is -0.494 e. The van der Waals surface area contributed by atoms with E-state index in [4.69, 9.17) is 4.74 Å². The van der Waals surface area contributed by atoms with Crippen LogP contribution >= 0.6 is 33.9 Å². The molecule has 0 radical (unpaired) electrons. The van der Waals surface area contributed by atoms with Gasteiger partial charge < -0.3 is 4.74 Å². The zero-order chi connectivity index (χ0) is 9.42. The van der Waals surface area contributed by atoms with Gasteiger partial charge >= 0.3 is 0 Å². The molecular weight excluding hydrogens is 302 g/mol. The van der Waals surface area contributed by atoms with Crippen molar-refractivity contribution in [3.8, 4) is 5.75 Å². The maximum Gasteiger partial charge on any atom is 0.173 e. The van der Waals surface area contributed by atoms with Crippen molar-refractivity contribution in [1.29, 1.82) is 0 Å². The Morgan fingerprint density at radius 3 is 3.00 bits per heavy atom. The van der Waals surface area contributed by atoms with Crippen molar-refractivity contribution in [2.45, 2.75) is 0 Å². The number of methoxy groups -OCH3 is 1. The summed E-state index contributed by atoms with van der Waals surface area (Å²) in [6, 6.07) is 3.49. The van der Waals surface area contributed by atoms with E-state index in [0.717, 1.165) is 8.27 Å². The Hall–Kier alpha value is -0.360. The molecule has 0 atom stereocenters. The fourth-order valence-electron chi connectivity index (χ4n) is 1.19. The number of halogens is 2. The largest absolute Gasteiger partial charge is 0.494 e. The molecule has 1 aromatic carbocycles. The van der Waals surface area contributed by atoms with Crippen LogP contribution in [0, 0.1) is 9.39 Å². The van der Waals surface area contributed by atoms with Crippen LogP contribution in [0.15, 0.2) is 17.5 Å². The van der Waals surface area contributed by atoms with Crippen molar-refractivity contribution >= 4 is 44.0 Å². The molecule has 2 aromatic rings. The van der Waals surface area contributed by atoms with Gasteiger partial charge in [-0.25, -0.2) is 4.39 Å². The molecule has 0 aliphatic carbocycles. The first-order valence-corrected chi connectivity index (χ1v) is 5.59. The van der Waals surface area contributed by atoms with Crippen LogP contribution in [0.5, 0.6) is 5.75 Å². The first-order chi connectivity index (χ1) is 6.24. The summed E-state index contributed by atoms with van der Waals surface area (Å²) in [7, 11) is 1.48. The van der Waals surface area contributed by atoms with E-state index in [0.29, 0.717) is 11.1 Å². The van der Waals surface area contributed by atoms with Crippen LogP contribution in [0.4, 0.5) is 4.39 Å². The smallest absolute Gasteiger partial charge is 0.173 e. The molecule has 0 amide bonds. The van der Waals surface area contributed by atoms with Crippen LogP contribution < -0.4 is 4.74 Å². The lowest BCUT2D eigenvalue weighted by Gasteiger charge is -2.03. The van der Waals surface area contributed by atoms with E-state index >= 15 is 0 Å². The highest BCUT2D eigenvalue weighted by Gasteiger charge is 2.11. The second kappa shape index (κ2) is 3.42. The topological polar surface area (TPSA) is 9.23 Å². The number of benzene rings is 1. The molecule has 0 aliphatic heterocycles. The summed E-state index contributed by atoms with van der Waals surface area (Å²) in [4.78, 5) is 0.